The molecule has 0 unspecified atom stereocenters. The number of para-hydroxylation sites is 1. The Morgan fingerprint density at radius 2 is 1.73 bits per heavy atom. The van der Waals surface area contributed by atoms with Crippen molar-refractivity contribution in [3.8, 4) is 17.2 Å². The minimum atomic E-state index is -0.231. The first-order chi connectivity index (χ1) is 15.9. The summed E-state index contributed by atoms with van der Waals surface area (Å²) in [4.78, 5) is 41.2. The molecule has 1 N–H and O–H groups in total. The maximum atomic E-state index is 12.7. The largest absolute Gasteiger partial charge is 0.496 e. The highest BCUT2D eigenvalue weighted by Crippen LogP contribution is 2.37. The zero-order chi connectivity index (χ0) is 23.4. The van der Waals surface area contributed by atoms with Crippen LogP contribution in [0, 0.1) is 0 Å². The summed E-state index contributed by atoms with van der Waals surface area (Å²) in [6.45, 7) is 3.96. The standard InChI is InChI=1S/C24H27N3O6/c1-16(28)18-12-21-22(33-15-32-21)13-19(18)25-23(29)14-26-7-9-27(10-8-26)24(30)11-17-5-3-4-6-20(17)31-2/h3-6,12-13H,7-11,14-15H2,1-2H3,(H,25,29). The number of ketones is 1. The molecule has 9 heteroatoms. The van der Waals surface area contributed by atoms with Gasteiger partial charge in [0.1, 0.15) is 5.75 Å². The van der Waals surface area contributed by atoms with Gasteiger partial charge in [0.05, 0.1) is 25.8 Å². The molecule has 2 aliphatic heterocycles. The van der Waals surface area contributed by atoms with Crippen molar-refractivity contribution < 1.29 is 28.6 Å². The molecule has 2 heterocycles. The Balaban J connectivity index is 1.30. The third-order valence-corrected chi connectivity index (χ3v) is 5.79. The molecule has 1 fully saturated rings. The number of hydrogen-bond donors (Lipinski definition) is 1. The van der Waals surface area contributed by atoms with Crippen LogP contribution in [0.2, 0.25) is 0 Å². The van der Waals surface area contributed by atoms with Gasteiger partial charge in [0.15, 0.2) is 17.3 Å². The van der Waals surface area contributed by atoms with Crippen molar-refractivity contribution in [3.63, 3.8) is 0 Å². The van der Waals surface area contributed by atoms with E-state index in [1.807, 2.05) is 34.1 Å². The molecule has 4 rings (SSSR count). The molecule has 174 valence electrons. The SMILES string of the molecule is COc1ccccc1CC(=O)N1CCN(CC(=O)Nc2cc3c(cc2C(C)=O)OCO3)CC1. The second kappa shape index (κ2) is 9.91. The van der Waals surface area contributed by atoms with E-state index in [0.29, 0.717) is 54.7 Å². The average Bonchev–Trinajstić information content (AvgIpc) is 3.26. The number of benzene rings is 2. The van der Waals surface area contributed by atoms with Crippen molar-refractivity contribution in [2.45, 2.75) is 13.3 Å². The van der Waals surface area contributed by atoms with Crippen LogP contribution in [0.15, 0.2) is 36.4 Å². The fraction of sp³-hybridized carbons (Fsp3) is 0.375. The third-order valence-electron chi connectivity index (χ3n) is 5.79. The van der Waals surface area contributed by atoms with E-state index in [0.717, 1.165) is 5.56 Å². The van der Waals surface area contributed by atoms with Crippen LogP contribution < -0.4 is 19.5 Å². The molecular formula is C24H27N3O6. The van der Waals surface area contributed by atoms with Gasteiger partial charge in [0.25, 0.3) is 0 Å². The normalized spacial score (nSPS) is 15.3. The number of nitrogens with one attached hydrogen (secondary N) is 1. The van der Waals surface area contributed by atoms with Gasteiger partial charge in [-0.15, -0.1) is 0 Å². The van der Waals surface area contributed by atoms with Gasteiger partial charge in [-0.05, 0) is 19.1 Å². The topological polar surface area (TPSA) is 97.4 Å². The number of carbonyl (C=O) groups is 3. The van der Waals surface area contributed by atoms with E-state index in [9.17, 15) is 14.4 Å². The lowest BCUT2D eigenvalue weighted by Gasteiger charge is -2.34. The summed E-state index contributed by atoms with van der Waals surface area (Å²) < 4.78 is 16.0. The van der Waals surface area contributed by atoms with Crippen LogP contribution in [0.4, 0.5) is 5.69 Å². The average molecular weight is 453 g/mol. The molecular weight excluding hydrogens is 426 g/mol. The summed E-state index contributed by atoms with van der Waals surface area (Å²) in [5.74, 6) is 1.32. The second-order valence-electron chi connectivity index (χ2n) is 8.00. The van der Waals surface area contributed by atoms with Gasteiger partial charge in [0, 0.05) is 43.4 Å². The van der Waals surface area contributed by atoms with E-state index in [4.69, 9.17) is 14.2 Å². The number of rotatable bonds is 7. The molecule has 2 amide bonds. The number of anilines is 1. The van der Waals surface area contributed by atoms with Gasteiger partial charge in [-0.1, -0.05) is 18.2 Å². The molecule has 2 aromatic rings. The van der Waals surface area contributed by atoms with E-state index in [1.165, 1.54) is 6.92 Å². The van der Waals surface area contributed by atoms with Gasteiger partial charge >= 0.3 is 0 Å². The van der Waals surface area contributed by atoms with E-state index < -0.39 is 0 Å². The van der Waals surface area contributed by atoms with Gasteiger partial charge in [0.2, 0.25) is 18.6 Å². The van der Waals surface area contributed by atoms with Gasteiger partial charge in [-0.2, -0.15) is 0 Å². The van der Waals surface area contributed by atoms with E-state index >= 15 is 0 Å². The fourth-order valence-corrected chi connectivity index (χ4v) is 4.01. The van der Waals surface area contributed by atoms with E-state index in [-0.39, 0.29) is 37.4 Å². The Morgan fingerprint density at radius 3 is 2.42 bits per heavy atom. The van der Waals surface area contributed by atoms with Crippen molar-refractivity contribution in [2.75, 3.05) is 51.9 Å². The number of hydrogen-bond acceptors (Lipinski definition) is 7. The molecule has 9 nitrogen and oxygen atoms in total. The third kappa shape index (κ3) is 5.25. The van der Waals surface area contributed by atoms with E-state index in [1.54, 1.807) is 19.2 Å². The Hall–Kier alpha value is -3.59. The van der Waals surface area contributed by atoms with Crippen molar-refractivity contribution in [2.24, 2.45) is 0 Å². The minimum Gasteiger partial charge on any atom is -0.496 e. The van der Waals surface area contributed by atoms with Crippen LogP contribution in [0.5, 0.6) is 17.2 Å². The van der Waals surface area contributed by atoms with Crippen molar-refractivity contribution >= 4 is 23.3 Å². The minimum absolute atomic E-state index is 0.0371. The lowest BCUT2D eigenvalue weighted by Crippen LogP contribution is -2.50. The lowest BCUT2D eigenvalue weighted by molar-refractivity contribution is -0.132. The summed E-state index contributed by atoms with van der Waals surface area (Å²) in [5.41, 5.74) is 1.64. The highest BCUT2D eigenvalue weighted by Gasteiger charge is 2.25. The quantitative estimate of drug-likeness (QED) is 0.640. The van der Waals surface area contributed by atoms with Crippen LogP contribution in [0.1, 0.15) is 22.8 Å². The highest BCUT2D eigenvalue weighted by atomic mass is 16.7. The predicted octanol–water partition coefficient (Wildman–Crippen LogP) is 1.95. The van der Waals surface area contributed by atoms with Crippen molar-refractivity contribution in [1.29, 1.82) is 0 Å². The zero-order valence-electron chi connectivity index (χ0n) is 18.8. The Morgan fingerprint density at radius 1 is 1.03 bits per heavy atom. The van der Waals surface area contributed by atoms with E-state index in [2.05, 4.69) is 5.32 Å². The molecule has 0 radical (unpaired) electrons. The predicted molar refractivity (Wildman–Crippen MR) is 121 cm³/mol. The molecule has 0 atom stereocenters. The highest BCUT2D eigenvalue weighted by molar-refractivity contribution is 6.05. The summed E-state index contributed by atoms with van der Waals surface area (Å²) in [7, 11) is 1.59. The molecule has 2 aliphatic rings. The van der Waals surface area contributed by atoms with Gasteiger partial charge in [-0.25, -0.2) is 0 Å². The smallest absolute Gasteiger partial charge is 0.238 e. The van der Waals surface area contributed by atoms with Crippen LogP contribution in [-0.4, -0.2) is 74.0 Å². The Kier molecular flexibility index (Phi) is 6.79. The molecule has 0 bridgehead atoms. The lowest BCUT2D eigenvalue weighted by atomic mass is 10.1. The van der Waals surface area contributed by atoms with Crippen LogP contribution >= 0.6 is 0 Å². The Labute approximate surface area is 192 Å². The first-order valence-corrected chi connectivity index (χ1v) is 10.8. The maximum Gasteiger partial charge on any atom is 0.238 e. The molecule has 0 aliphatic carbocycles. The number of Topliss-reactive ketones (excluding diaryl/α,β-unsaturated/α-hetero) is 1. The monoisotopic (exact) mass is 453 g/mol. The summed E-state index contributed by atoms with van der Waals surface area (Å²) in [6.07, 6.45) is 0.280. The number of fused-ring (bicyclic) bond motifs is 1. The van der Waals surface area contributed by atoms with Crippen LogP contribution in [0.25, 0.3) is 0 Å². The van der Waals surface area contributed by atoms with Crippen LogP contribution in [-0.2, 0) is 16.0 Å². The van der Waals surface area contributed by atoms with Crippen molar-refractivity contribution in [1.82, 2.24) is 9.80 Å². The number of nitrogens with zero attached hydrogens (tertiary/aromatic N) is 2. The Bertz CT molecular complexity index is 1060. The van der Waals surface area contributed by atoms with Crippen LogP contribution in [0.3, 0.4) is 0 Å². The van der Waals surface area contributed by atoms with Crippen molar-refractivity contribution in [3.05, 3.63) is 47.5 Å². The molecule has 0 aromatic heterocycles. The number of carbonyl (C=O) groups excluding carboxylic acids is 3. The second-order valence-corrected chi connectivity index (χ2v) is 8.00. The first kappa shape index (κ1) is 22.6. The molecule has 1 saturated heterocycles. The zero-order valence-corrected chi connectivity index (χ0v) is 18.8. The van der Waals surface area contributed by atoms with Gasteiger partial charge < -0.3 is 24.4 Å². The summed E-state index contributed by atoms with van der Waals surface area (Å²) >= 11 is 0. The maximum absolute atomic E-state index is 12.7. The number of methoxy groups -OCH3 is 1. The molecule has 33 heavy (non-hydrogen) atoms. The number of piperazine rings is 1. The number of amides is 2. The molecule has 0 saturated carbocycles. The summed E-state index contributed by atoms with van der Waals surface area (Å²) in [6, 6.07) is 10.7. The molecule has 0 spiro atoms. The summed E-state index contributed by atoms with van der Waals surface area (Å²) in [5, 5.41) is 2.82. The number of ether oxygens (including phenoxy) is 3. The molecule has 2 aromatic carbocycles. The fourth-order valence-electron chi connectivity index (χ4n) is 4.01. The van der Waals surface area contributed by atoms with Gasteiger partial charge in [-0.3, -0.25) is 19.3 Å². The first-order valence-electron chi connectivity index (χ1n) is 10.8.